The molecule has 4 rings (SSSR count). The number of halogens is 1. The molecule has 0 aliphatic rings. The fourth-order valence-electron chi connectivity index (χ4n) is 3.96. The van der Waals surface area contributed by atoms with Crippen LogP contribution in [-0.2, 0) is 0 Å². The molecule has 0 bridgehead atoms. The molecule has 0 spiro atoms. The van der Waals surface area contributed by atoms with Crippen LogP contribution in [0.2, 0.25) is 5.02 Å². The summed E-state index contributed by atoms with van der Waals surface area (Å²) in [5.41, 5.74) is 1.48. The normalized spacial score (nSPS) is 11.8. The lowest BCUT2D eigenvalue weighted by molar-refractivity contribution is 0.199. The number of nitrogens with zero attached hydrogens (tertiary/aromatic N) is 3. The van der Waals surface area contributed by atoms with Gasteiger partial charge in [-0.15, -0.1) is 0 Å². The van der Waals surface area contributed by atoms with E-state index < -0.39 is 6.04 Å². The van der Waals surface area contributed by atoms with E-state index in [2.05, 4.69) is 5.32 Å². The largest absolute Gasteiger partial charge is 0.495 e. The highest BCUT2D eigenvalue weighted by Gasteiger charge is 2.27. The van der Waals surface area contributed by atoms with E-state index in [1.54, 1.807) is 73.7 Å². The van der Waals surface area contributed by atoms with Crippen LogP contribution < -0.4 is 15.6 Å². The smallest absolute Gasteiger partial charge is 0.322 e. The van der Waals surface area contributed by atoms with Gasteiger partial charge in [0.05, 0.1) is 35.4 Å². The number of anilines is 1. The summed E-state index contributed by atoms with van der Waals surface area (Å²) < 4.78 is 6.88. The summed E-state index contributed by atoms with van der Waals surface area (Å²) in [5.74, 6) is 1.00. The number of nitrogens with one attached hydrogen (secondary N) is 1. The summed E-state index contributed by atoms with van der Waals surface area (Å²) in [7, 11) is 3.23. The van der Waals surface area contributed by atoms with Crippen LogP contribution in [0.5, 0.6) is 5.75 Å². The molecule has 7 nitrogen and oxygen atoms in total. The van der Waals surface area contributed by atoms with Gasteiger partial charge < -0.3 is 15.0 Å². The van der Waals surface area contributed by atoms with Crippen LogP contribution in [0, 0.1) is 0 Å². The van der Waals surface area contributed by atoms with Gasteiger partial charge in [0.2, 0.25) is 0 Å². The van der Waals surface area contributed by atoms with Crippen molar-refractivity contribution in [3.8, 4) is 11.4 Å². The first-order chi connectivity index (χ1) is 16.4. The summed E-state index contributed by atoms with van der Waals surface area (Å²) in [4.78, 5) is 33.2. The number of carbonyl (C=O) groups excluding carboxylic acids is 1. The molecule has 34 heavy (non-hydrogen) atoms. The first-order valence-electron chi connectivity index (χ1n) is 10.9. The number of amides is 2. The van der Waals surface area contributed by atoms with Gasteiger partial charge in [-0.1, -0.05) is 48.9 Å². The molecule has 4 aromatic rings. The quantitative estimate of drug-likeness (QED) is 0.389. The highest BCUT2D eigenvalue weighted by Crippen LogP contribution is 2.28. The molecule has 1 unspecified atom stereocenters. The Morgan fingerprint density at radius 3 is 2.59 bits per heavy atom. The summed E-state index contributed by atoms with van der Waals surface area (Å²) in [6, 6.07) is 20.6. The van der Waals surface area contributed by atoms with Crippen LogP contribution in [0.4, 0.5) is 10.5 Å². The van der Waals surface area contributed by atoms with Crippen LogP contribution in [0.1, 0.15) is 25.2 Å². The lowest BCUT2D eigenvalue weighted by atomic mass is 10.1. The number of methoxy groups -OCH3 is 1. The van der Waals surface area contributed by atoms with E-state index in [4.69, 9.17) is 21.3 Å². The van der Waals surface area contributed by atoms with Crippen molar-refractivity contribution >= 4 is 34.2 Å². The van der Waals surface area contributed by atoms with Crippen molar-refractivity contribution in [2.45, 2.75) is 19.4 Å². The Bertz CT molecular complexity index is 1400. The van der Waals surface area contributed by atoms with Gasteiger partial charge in [0.1, 0.15) is 11.6 Å². The van der Waals surface area contributed by atoms with Gasteiger partial charge in [-0.25, -0.2) is 9.78 Å². The van der Waals surface area contributed by atoms with Crippen LogP contribution >= 0.6 is 11.6 Å². The van der Waals surface area contributed by atoms with E-state index in [0.29, 0.717) is 45.3 Å². The molecular formula is C26H25ClN4O3. The summed E-state index contributed by atoms with van der Waals surface area (Å²) in [6.45, 7) is 1.95. The second kappa shape index (κ2) is 9.97. The Balaban J connectivity index is 1.82. The predicted molar refractivity (Wildman–Crippen MR) is 135 cm³/mol. The maximum absolute atomic E-state index is 13.6. The topological polar surface area (TPSA) is 76.5 Å². The first-order valence-corrected chi connectivity index (χ1v) is 11.3. The number of hydrogen-bond donors (Lipinski definition) is 1. The molecule has 1 atom stereocenters. The lowest BCUT2D eigenvalue weighted by Crippen LogP contribution is -2.38. The predicted octanol–water partition coefficient (Wildman–Crippen LogP) is 5.66. The molecule has 0 radical (unpaired) electrons. The van der Waals surface area contributed by atoms with E-state index in [9.17, 15) is 9.59 Å². The number of aromatic nitrogens is 2. The summed E-state index contributed by atoms with van der Waals surface area (Å²) >= 11 is 6.24. The summed E-state index contributed by atoms with van der Waals surface area (Å²) in [5, 5.41) is 3.88. The van der Waals surface area contributed by atoms with Gasteiger partial charge in [-0.05, 0) is 48.9 Å². The number of carbonyl (C=O) groups is 1. The second-order valence-corrected chi connectivity index (χ2v) is 8.21. The third-order valence-corrected chi connectivity index (χ3v) is 5.92. The fourth-order valence-corrected chi connectivity index (χ4v) is 4.15. The van der Waals surface area contributed by atoms with E-state index in [-0.39, 0.29) is 11.6 Å². The van der Waals surface area contributed by atoms with E-state index in [0.717, 1.165) is 0 Å². The molecule has 1 heterocycles. The molecule has 0 aliphatic carbocycles. The molecule has 0 saturated heterocycles. The van der Waals surface area contributed by atoms with Crippen molar-refractivity contribution in [1.29, 1.82) is 0 Å². The number of hydrogen-bond acceptors (Lipinski definition) is 4. The standard InChI is InChI=1S/C26H25ClN4O3/c1-4-22(30(2)26(33)29-21-14-7-8-15-23(21)34-3)24-28-20-13-6-5-12-19(20)25(32)31(24)18-11-9-10-17(27)16-18/h5-16,22H,4H2,1-3H3,(H,29,33). The van der Waals surface area contributed by atoms with Gasteiger partial charge in [0.25, 0.3) is 5.56 Å². The van der Waals surface area contributed by atoms with Crippen molar-refractivity contribution in [3.63, 3.8) is 0 Å². The van der Waals surface area contributed by atoms with Gasteiger partial charge >= 0.3 is 6.03 Å². The molecule has 174 valence electrons. The number of urea groups is 1. The molecule has 2 amide bonds. The lowest BCUT2D eigenvalue weighted by Gasteiger charge is -2.29. The van der Waals surface area contributed by atoms with Crippen LogP contribution in [0.25, 0.3) is 16.6 Å². The molecule has 0 saturated carbocycles. The van der Waals surface area contributed by atoms with E-state index >= 15 is 0 Å². The zero-order valence-electron chi connectivity index (χ0n) is 19.2. The third-order valence-electron chi connectivity index (χ3n) is 5.69. The van der Waals surface area contributed by atoms with Crippen LogP contribution in [-0.4, -0.2) is 34.6 Å². The Labute approximate surface area is 202 Å². The maximum Gasteiger partial charge on any atom is 0.322 e. The number of para-hydroxylation sites is 3. The highest BCUT2D eigenvalue weighted by atomic mass is 35.5. The van der Waals surface area contributed by atoms with Gasteiger partial charge in [-0.2, -0.15) is 0 Å². The van der Waals surface area contributed by atoms with Gasteiger partial charge in [-0.3, -0.25) is 9.36 Å². The van der Waals surface area contributed by atoms with Gasteiger partial charge in [0, 0.05) is 12.1 Å². The zero-order valence-corrected chi connectivity index (χ0v) is 19.9. The van der Waals surface area contributed by atoms with Gasteiger partial charge in [0.15, 0.2) is 0 Å². The zero-order chi connectivity index (χ0) is 24.2. The molecule has 1 N–H and O–H groups in total. The SMILES string of the molecule is CCC(c1nc2ccccc2c(=O)n1-c1cccc(Cl)c1)N(C)C(=O)Nc1ccccc1OC. The van der Waals surface area contributed by atoms with Crippen LogP contribution in [0.3, 0.4) is 0 Å². The molecule has 0 fully saturated rings. The Hall–Kier alpha value is -3.84. The van der Waals surface area contributed by atoms with Crippen LogP contribution in [0.15, 0.2) is 77.6 Å². The minimum atomic E-state index is -0.494. The average Bonchev–Trinajstić information content (AvgIpc) is 2.85. The minimum absolute atomic E-state index is 0.222. The average molecular weight is 477 g/mol. The Kier molecular flexibility index (Phi) is 6.84. The number of ether oxygens (including phenoxy) is 1. The monoisotopic (exact) mass is 476 g/mol. The fraction of sp³-hybridized carbons (Fsp3) is 0.192. The third kappa shape index (κ3) is 4.47. The second-order valence-electron chi connectivity index (χ2n) is 7.77. The maximum atomic E-state index is 13.6. The molecule has 3 aromatic carbocycles. The molecule has 1 aromatic heterocycles. The minimum Gasteiger partial charge on any atom is -0.495 e. The van der Waals surface area contributed by atoms with Crippen molar-refractivity contribution in [3.05, 3.63) is 94.0 Å². The van der Waals surface area contributed by atoms with E-state index in [1.807, 2.05) is 25.1 Å². The Morgan fingerprint density at radius 2 is 1.85 bits per heavy atom. The highest BCUT2D eigenvalue weighted by molar-refractivity contribution is 6.30. The number of fused-ring (bicyclic) bond motifs is 1. The number of benzene rings is 3. The molecule has 8 heteroatoms. The van der Waals surface area contributed by atoms with Crippen molar-refractivity contribution in [1.82, 2.24) is 14.5 Å². The van der Waals surface area contributed by atoms with Crippen molar-refractivity contribution in [2.24, 2.45) is 0 Å². The Morgan fingerprint density at radius 1 is 1.12 bits per heavy atom. The molecule has 0 aliphatic heterocycles. The van der Waals surface area contributed by atoms with Crippen molar-refractivity contribution < 1.29 is 9.53 Å². The molecular weight excluding hydrogens is 452 g/mol. The van der Waals surface area contributed by atoms with E-state index in [1.165, 1.54) is 4.57 Å². The first kappa shape index (κ1) is 23.3. The van der Waals surface area contributed by atoms with Crippen molar-refractivity contribution in [2.75, 3.05) is 19.5 Å². The summed E-state index contributed by atoms with van der Waals surface area (Å²) in [6.07, 6.45) is 0.529. The number of rotatable bonds is 6.